The molecule has 1 aromatic heterocycles. The molecule has 0 saturated heterocycles. The van der Waals surface area contributed by atoms with Gasteiger partial charge in [-0.25, -0.2) is 4.98 Å². The number of nitrogens with one attached hydrogen (secondary N) is 1. The molecule has 0 fully saturated rings. The van der Waals surface area contributed by atoms with Crippen LogP contribution in [0, 0.1) is 6.92 Å². The average molecular weight is 325 g/mol. The Morgan fingerprint density at radius 1 is 1.44 bits per heavy atom. The number of hydrogen-bond acceptors (Lipinski definition) is 3. The van der Waals surface area contributed by atoms with Gasteiger partial charge in [0.25, 0.3) is 0 Å². The first-order valence-corrected chi connectivity index (χ1v) is 7.75. The molecule has 1 heterocycles. The lowest BCUT2D eigenvalue weighted by Crippen LogP contribution is -2.22. The van der Waals surface area contributed by atoms with Gasteiger partial charge in [-0.15, -0.1) is 11.3 Å². The molecule has 1 atom stereocenters. The maximum atomic E-state index is 4.35. The third kappa shape index (κ3) is 3.40. The summed E-state index contributed by atoms with van der Waals surface area (Å²) in [4.78, 5) is 5.69. The maximum absolute atomic E-state index is 4.35. The monoisotopic (exact) mass is 324 g/mol. The second-order valence-corrected chi connectivity index (χ2v) is 6.05. The Balaban J connectivity index is 2.19. The van der Waals surface area contributed by atoms with Crippen molar-refractivity contribution in [1.82, 2.24) is 10.3 Å². The smallest absolute Gasteiger partial charge is 0.0798 e. The summed E-state index contributed by atoms with van der Waals surface area (Å²) in [6.45, 7) is 5.19. The van der Waals surface area contributed by atoms with Gasteiger partial charge < -0.3 is 5.32 Å². The Morgan fingerprint density at radius 3 is 2.89 bits per heavy atom. The number of halogens is 1. The number of likely N-dealkylation sites (N-methyl/N-ethyl adjacent to an activating group) is 1. The summed E-state index contributed by atoms with van der Waals surface area (Å²) in [5.41, 5.74) is 4.40. The molecule has 4 heteroatoms. The fraction of sp³-hybridized carbons (Fsp3) is 0.357. The largest absolute Gasteiger partial charge is 0.309 e. The van der Waals surface area contributed by atoms with Crippen molar-refractivity contribution in [3.8, 4) is 0 Å². The van der Waals surface area contributed by atoms with Crippen molar-refractivity contribution in [2.45, 2.75) is 26.3 Å². The lowest BCUT2D eigenvalue weighted by molar-refractivity contribution is 0.555. The van der Waals surface area contributed by atoms with E-state index in [1.54, 1.807) is 11.3 Å². The van der Waals surface area contributed by atoms with E-state index in [-0.39, 0.29) is 0 Å². The zero-order chi connectivity index (χ0) is 13.0. The van der Waals surface area contributed by atoms with Gasteiger partial charge in [0.2, 0.25) is 0 Å². The van der Waals surface area contributed by atoms with Crippen molar-refractivity contribution < 1.29 is 0 Å². The van der Waals surface area contributed by atoms with Gasteiger partial charge in [0.05, 0.1) is 11.2 Å². The van der Waals surface area contributed by atoms with Crippen LogP contribution in [0.2, 0.25) is 0 Å². The van der Waals surface area contributed by atoms with E-state index in [9.17, 15) is 0 Å². The minimum atomic E-state index is 0.358. The van der Waals surface area contributed by atoms with Crippen molar-refractivity contribution in [3.05, 3.63) is 50.4 Å². The predicted octanol–water partition coefficient (Wildman–Crippen LogP) is 4.11. The third-order valence-corrected chi connectivity index (χ3v) is 4.42. The van der Waals surface area contributed by atoms with Crippen molar-refractivity contribution in [3.63, 3.8) is 0 Å². The number of benzene rings is 1. The Bertz CT molecular complexity index is 510. The quantitative estimate of drug-likeness (QED) is 0.895. The minimum absolute atomic E-state index is 0.358. The predicted molar refractivity (Wildman–Crippen MR) is 81.1 cm³/mol. The van der Waals surface area contributed by atoms with Gasteiger partial charge in [0.1, 0.15) is 0 Å². The van der Waals surface area contributed by atoms with Crippen molar-refractivity contribution in [2.75, 3.05) is 6.54 Å². The third-order valence-electron chi connectivity index (χ3n) is 2.88. The van der Waals surface area contributed by atoms with Crippen LogP contribution in [0.15, 0.2) is 34.2 Å². The van der Waals surface area contributed by atoms with Crippen LogP contribution < -0.4 is 5.32 Å². The molecule has 18 heavy (non-hydrogen) atoms. The van der Waals surface area contributed by atoms with Crippen LogP contribution in [0.25, 0.3) is 0 Å². The highest BCUT2D eigenvalue weighted by atomic mass is 79.9. The van der Waals surface area contributed by atoms with Gasteiger partial charge in [0.15, 0.2) is 0 Å². The second-order valence-electron chi connectivity index (χ2n) is 4.25. The molecule has 2 nitrogen and oxygen atoms in total. The van der Waals surface area contributed by atoms with Crippen molar-refractivity contribution in [2.24, 2.45) is 0 Å². The standard InChI is InChI=1S/C14H17BrN2S/c1-3-16-13(14-10(2)17-9-18-14)8-11-5-4-6-12(15)7-11/h4-7,9,13,16H,3,8H2,1-2H3. The molecular formula is C14H17BrN2S. The summed E-state index contributed by atoms with van der Waals surface area (Å²) in [6, 6.07) is 8.86. The van der Waals surface area contributed by atoms with Gasteiger partial charge >= 0.3 is 0 Å². The van der Waals surface area contributed by atoms with Crippen LogP contribution in [0.4, 0.5) is 0 Å². The Hall–Kier alpha value is -0.710. The average Bonchev–Trinajstić information content (AvgIpc) is 2.75. The molecule has 0 aliphatic heterocycles. The van der Waals surface area contributed by atoms with Crippen LogP contribution in [0.1, 0.15) is 29.1 Å². The van der Waals surface area contributed by atoms with E-state index in [0.717, 1.165) is 23.1 Å². The summed E-state index contributed by atoms with van der Waals surface area (Å²) in [6.07, 6.45) is 0.996. The van der Waals surface area contributed by atoms with Crippen LogP contribution >= 0.6 is 27.3 Å². The number of thiazole rings is 1. The number of nitrogens with zero attached hydrogens (tertiary/aromatic N) is 1. The van der Waals surface area contributed by atoms with Crippen LogP contribution in [-0.2, 0) is 6.42 Å². The molecule has 0 saturated carbocycles. The topological polar surface area (TPSA) is 24.9 Å². The summed E-state index contributed by atoms with van der Waals surface area (Å²) in [7, 11) is 0. The van der Waals surface area contributed by atoms with E-state index in [1.807, 2.05) is 5.51 Å². The fourth-order valence-corrected chi connectivity index (χ4v) is 3.37. The van der Waals surface area contributed by atoms with Crippen LogP contribution in [-0.4, -0.2) is 11.5 Å². The highest BCUT2D eigenvalue weighted by Crippen LogP contribution is 2.25. The minimum Gasteiger partial charge on any atom is -0.309 e. The summed E-state index contributed by atoms with van der Waals surface area (Å²) in [5.74, 6) is 0. The van der Waals surface area contributed by atoms with Crippen LogP contribution in [0.5, 0.6) is 0 Å². The van der Waals surface area contributed by atoms with Crippen molar-refractivity contribution >= 4 is 27.3 Å². The van der Waals surface area contributed by atoms with Crippen LogP contribution in [0.3, 0.4) is 0 Å². The summed E-state index contributed by atoms with van der Waals surface area (Å²) in [5, 5.41) is 3.55. The van der Waals surface area contributed by atoms with E-state index >= 15 is 0 Å². The van der Waals surface area contributed by atoms with Crippen molar-refractivity contribution in [1.29, 1.82) is 0 Å². The van der Waals surface area contributed by atoms with E-state index in [1.165, 1.54) is 10.4 Å². The van der Waals surface area contributed by atoms with Gasteiger partial charge in [-0.3, -0.25) is 0 Å². The molecular weight excluding hydrogens is 308 g/mol. The molecule has 0 aliphatic rings. The molecule has 96 valence electrons. The summed E-state index contributed by atoms with van der Waals surface area (Å²) < 4.78 is 1.14. The molecule has 0 aliphatic carbocycles. The molecule has 0 amide bonds. The van der Waals surface area contributed by atoms with E-state index in [2.05, 4.69) is 64.3 Å². The van der Waals surface area contributed by atoms with Gasteiger partial charge in [-0.2, -0.15) is 0 Å². The lowest BCUT2D eigenvalue weighted by atomic mass is 10.0. The SMILES string of the molecule is CCNC(Cc1cccc(Br)c1)c1scnc1C. The Morgan fingerprint density at radius 2 is 2.28 bits per heavy atom. The number of aryl methyl sites for hydroxylation is 1. The molecule has 0 radical (unpaired) electrons. The first-order chi connectivity index (χ1) is 8.70. The highest BCUT2D eigenvalue weighted by Gasteiger charge is 2.15. The molecule has 0 bridgehead atoms. The molecule has 1 unspecified atom stereocenters. The fourth-order valence-electron chi connectivity index (χ4n) is 2.05. The van der Waals surface area contributed by atoms with Gasteiger partial charge in [-0.05, 0) is 37.6 Å². The second kappa shape index (κ2) is 6.45. The Labute approximate surface area is 121 Å². The summed E-state index contributed by atoms with van der Waals surface area (Å²) >= 11 is 5.26. The van der Waals surface area contributed by atoms with Gasteiger partial charge in [0, 0.05) is 15.4 Å². The molecule has 1 aromatic carbocycles. The molecule has 1 N–H and O–H groups in total. The van der Waals surface area contributed by atoms with Gasteiger partial charge in [-0.1, -0.05) is 35.0 Å². The maximum Gasteiger partial charge on any atom is 0.0798 e. The normalized spacial score (nSPS) is 12.6. The zero-order valence-electron chi connectivity index (χ0n) is 10.6. The molecule has 0 spiro atoms. The molecule has 2 rings (SSSR count). The Kier molecular flexibility index (Phi) is 4.92. The zero-order valence-corrected chi connectivity index (χ0v) is 13.0. The van der Waals surface area contributed by atoms with E-state index in [4.69, 9.17) is 0 Å². The van der Waals surface area contributed by atoms with E-state index < -0.39 is 0 Å². The number of aromatic nitrogens is 1. The number of rotatable bonds is 5. The first-order valence-electron chi connectivity index (χ1n) is 6.08. The number of hydrogen-bond donors (Lipinski definition) is 1. The molecule has 2 aromatic rings. The van der Waals surface area contributed by atoms with E-state index in [0.29, 0.717) is 6.04 Å². The lowest BCUT2D eigenvalue weighted by Gasteiger charge is -2.17. The first kappa shape index (κ1) is 13.7. The highest BCUT2D eigenvalue weighted by molar-refractivity contribution is 9.10.